The first-order chi connectivity index (χ1) is 16.4. The Kier molecular flexibility index (Phi) is 7.66. The average molecular weight is 539 g/mol. The predicted molar refractivity (Wildman–Crippen MR) is 142 cm³/mol. The van der Waals surface area contributed by atoms with Gasteiger partial charge >= 0.3 is 5.97 Å². The number of carbonyl (C=O) groups excluding carboxylic acids is 1. The quantitative estimate of drug-likeness (QED) is 0.201. The van der Waals surface area contributed by atoms with Gasteiger partial charge in [0.05, 0.1) is 22.2 Å². The first-order valence-corrected chi connectivity index (χ1v) is 12.8. The van der Waals surface area contributed by atoms with Crippen LogP contribution in [0.15, 0.2) is 76.1 Å². The topological polar surface area (TPSA) is 54.7 Å². The SMILES string of the molecule is CCOC(=O)c1c(CSc2ccccc2)n(-c2ccccc2)c2cc(Br)c(O)c(CN(C)C)c12. The molecule has 0 atom stereocenters. The molecule has 0 saturated heterocycles. The van der Waals surface area contributed by atoms with Gasteiger partial charge in [-0.15, -0.1) is 11.8 Å². The fourth-order valence-electron chi connectivity index (χ4n) is 4.10. The first kappa shape index (κ1) is 24.4. The number of aromatic nitrogens is 1. The molecule has 0 amide bonds. The number of carbonyl (C=O) groups is 1. The van der Waals surface area contributed by atoms with Crippen molar-refractivity contribution in [3.8, 4) is 11.4 Å². The summed E-state index contributed by atoms with van der Waals surface area (Å²) in [5.41, 5.74) is 3.83. The van der Waals surface area contributed by atoms with Crippen molar-refractivity contribution in [2.45, 2.75) is 24.1 Å². The lowest BCUT2D eigenvalue weighted by atomic mass is 10.0. The van der Waals surface area contributed by atoms with Crippen molar-refractivity contribution < 1.29 is 14.6 Å². The molecular formula is C27H27BrN2O3S. The fourth-order valence-corrected chi connectivity index (χ4v) is 5.49. The second-order valence-electron chi connectivity index (χ2n) is 8.13. The van der Waals surface area contributed by atoms with E-state index in [9.17, 15) is 9.90 Å². The standard InChI is InChI=1S/C27H27BrN2O3S/c1-4-33-27(32)25-23(17-34-19-13-9-6-10-14-19)30(18-11-7-5-8-12-18)22-15-21(28)26(31)20(24(22)25)16-29(2)3/h5-15,31H,4,16-17H2,1-3H3. The van der Waals surface area contributed by atoms with Crippen LogP contribution in [0.3, 0.4) is 0 Å². The van der Waals surface area contributed by atoms with Gasteiger partial charge < -0.3 is 19.3 Å². The van der Waals surface area contributed by atoms with Gasteiger partial charge in [-0.2, -0.15) is 0 Å². The Balaban J connectivity index is 2.06. The molecule has 0 fully saturated rings. The third-order valence-electron chi connectivity index (χ3n) is 5.47. The summed E-state index contributed by atoms with van der Waals surface area (Å²) in [7, 11) is 3.88. The molecule has 1 N–H and O–H groups in total. The summed E-state index contributed by atoms with van der Waals surface area (Å²) in [5, 5.41) is 11.7. The number of fused-ring (bicyclic) bond motifs is 1. The highest BCUT2D eigenvalue weighted by Gasteiger charge is 2.29. The number of halogens is 1. The molecule has 0 saturated carbocycles. The normalized spacial score (nSPS) is 11.3. The maximum atomic E-state index is 13.4. The largest absolute Gasteiger partial charge is 0.506 e. The molecule has 0 radical (unpaired) electrons. The Morgan fingerprint density at radius 1 is 1.09 bits per heavy atom. The highest BCUT2D eigenvalue weighted by atomic mass is 79.9. The number of esters is 1. The Hall–Kier alpha value is -2.74. The van der Waals surface area contributed by atoms with E-state index in [-0.39, 0.29) is 18.3 Å². The van der Waals surface area contributed by atoms with Gasteiger partial charge in [0, 0.05) is 39.5 Å². The van der Waals surface area contributed by atoms with Crippen LogP contribution in [-0.4, -0.2) is 41.2 Å². The summed E-state index contributed by atoms with van der Waals surface area (Å²) in [4.78, 5) is 16.5. The zero-order valence-corrected chi connectivity index (χ0v) is 21.8. The van der Waals surface area contributed by atoms with Gasteiger partial charge in [0.25, 0.3) is 0 Å². The second-order valence-corrected chi connectivity index (χ2v) is 10.0. The van der Waals surface area contributed by atoms with Crippen LogP contribution in [0.5, 0.6) is 5.75 Å². The number of ether oxygens (including phenoxy) is 1. The van der Waals surface area contributed by atoms with Gasteiger partial charge in [-0.1, -0.05) is 36.4 Å². The van der Waals surface area contributed by atoms with E-state index in [0.29, 0.717) is 27.9 Å². The van der Waals surface area contributed by atoms with Crippen LogP contribution in [0.1, 0.15) is 28.5 Å². The summed E-state index contributed by atoms with van der Waals surface area (Å²) in [5.74, 6) is 0.313. The Morgan fingerprint density at radius 3 is 2.35 bits per heavy atom. The van der Waals surface area contributed by atoms with E-state index in [4.69, 9.17) is 4.74 Å². The lowest BCUT2D eigenvalue weighted by Gasteiger charge is -2.15. The molecule has 7 heteroatoms. The van der Waals surface area contributed by atoms with E-state index >= 15 is 0 Å². The van der Waals surface area contributed by atoms with Crippen LogP contribution in [0.4, 0.5) is 0 Å². The van der Waals surface area contributed by atoms with Crippen LogP contribution in [-0.2, 0) is 17.0 Å². The highest BCUT2D eigenvalue weighted by molar-refractivity contribution is 9.10. The van der Waals surface area contributed by atoms with E-state index in [0.717, 1.165) is 27.2 Å². The van der Waals surface area contributed by atoms with Crippen LogP contribution < -0.4 is 0 Å². The third-order valence-corrected chi connectivity index (χ3v) is 7.10. The number of phenols is 1. The average Bonchev–Trinajstić information content (AvgIpc) is 3.15. The molecule has 5 nitrogen and oxygen atoms in total. The smallest absolute Gasteiger partial charge is 0.340 e. The third kappa shape index (κ3) is 4.87. The van der Waals surface area contributed by atoms with E-state index in [1.165, 1.54) is 0 Å². The Bertz CT molecular complexity index is 1300. The summed E-state index contributed by atoms with van der Waals surface area (Å²) >= 11 is 5.20. The van der Waals surface area contributed by atoms with Crippen molar-refractivity contribution in [2.24, 2.45) is 0 Å². The highest BCUT2D eigenvalue weighted by Crippen LogP contribution is 2.42. The summed E-state index contributed by atoms with van der Waals surface area (Å²) in [6.45, 7) is 2.55. The van der Waals surface area contributed by atoms with Crippen LogP contribution >= 0.6 is 27.7 Å². The van der Waals surface area contributed by atoms with Crippen LogP contribution in [0, 0.1) is 0 Å². The molecule has 0 aliphatic heterocycles. The maximum Gasteiger partial charge on any atom is 0.340 e. The molecule has 0 unspecified atom stereocenters. The molecule has 4 rings (SSSR count). The molecule has 0 aliphatic rings. The Morgan fingerprint density at radius 2 is 1.74 bits per heavy atom. The molecule has 1 heterocycles. The molecule has 0 aliphatic carbocycles. The minimum Gasteiger partial charge on any atom is -0.506 e. The molecule has 34 heavy (non-hydrogen) atoms. The number of phenolic OH excluding ortho intramolecular Hbond substituents is 1. The van der Waals surface area contributed by atoms with Crippen molar-refractivity contribution in [1.82, 2.24) is 9.47 Å². The number of thioether (sulfide) groups is 1. The van der Waals surface area contributed by atoms with Crippen molar-refractivity contribution in [1.29, 1.82) is 0 Å². The zero-order valence-electron chi connectivity index (χ0n) is 19.4. The summed E-state index contributed by atoms with van der Waals surface area (Å²) < 4.78 is 8.24. The fraction of sp³-hybridized carbons (Fsp3) is 0.222. The molecule has 0 bridgehead atoms. The number of aromatic hydroxyl groups is 1. The van der Waals surface area contributed by atoms with Gasteiger partial charge in [0.2, 0.25) is 0 Å². The van der Waals surface area contributed by atoms with Crippen molar-refractivity contribution >= 4 is 44.6 Å². The molecule has 3 aromatic carbocycles. The molecule has 176 valence electrons. The first-order valence-electron chi connectivity index (χ1n) is 11.0. The van der Waals surface area contributed by atoms with Gasteiger partial charge in [0.15, 0.2) is 0 Å². The molecular weight excluding hydrogens is 512 g/mol. The van der Waals surface area contributed by atoms with Crippen molar-refractivity contribution in [3.63, 3.8) is 0 Å². The van der Waals surface area contributed by atoms with Gasteiger partial charge in [0.1, 0.15) is 5.75 Å². The molecule has 0 spiro atoms. The lowest BCUT2D eigenvalue weighted by molar-refractivity contribution is 0.0527. The van der Waals surface area contributed by atoms with E-state index in [1.807, 2.05) is 80.5 Å². The number of benzene rings is 3. The predicted octanol–water partition coefficient (Wildman–Crippen LogP) is 6.63. The van der Waals surface area contributed by atoms with Gasteiger partial charge in [-0.05, 0) is 67.3 Å². The number of rotatable bonds is 8. The molecule has 4 aromatic rings. The number of hydrogen-bond donors (Lipinski definition) is 1. The zero-order chi connectivity index (χ0) is 24.2. The summed E-state index contributed by atoms with van der Waals surface area (Å²) in [6, 6.07) is 22.0. The van der Waals surface area contributed by atoms with E-state index < -0.39 is 0 Å². The minimum atomic E-state index is -0.382. The monoisotopic (exact) mass is 538 g/mol. The number of hydrogen-bond acceptors (Lipinski definition) is 5. The molecule has 1 aromatic heterocycles. The Labute approximate surface area is 212 Å². The van der Waals surface area contributed by atoms with Gasteiger partial charge in [-0.3, -0.25) is 0 Å². The summed E-state index contributed by atoms with van der Waals surface area (Å²) in [6.07, 6.45) is 0. The van der Waals surface area contributed by atoms with E-state index in [2.05, 4.69) is 32.6 Å². The van der Waals surface area contributed by atoms with Crippen molar-refractivity contribution in [3.05, 3.63) is 88.0 Å². The van der Waals surface area contributed by atoms with Crippen LogP contribution in [0.2, 0.25) is 0 Å². The van der Waals surface area contributed by atoms with Gasteiger partial charge in [-0.25, -0.2) is 4.79 Å². The number of para-hydroxylation sites is 1. The van der Waals surface area contributed by atoms with Crippen molar-refractivity contribution in [2.75, 3.05) is 20.7 Å². The minimum absolute atomic E-state index is 0.138. The second kappa shape index (κ2) is 10.7. The lowest BCUT2D eigenvalue weighted by Crippen LogP contribution is -2.13. The van der Waals surface area contributed by atoms with Crippen LogP contribution in [0.25, 0.3) is 16.6 Å². The number of nitrogens with zero attached hydrogens (tertiary/aromatic N) is 2. The van der Waals surface area contributed by atoms with E-state index in [1.54, 1.807) is 11.8 Å². The maximum absolute atomic E-state index is 13.4.